The van der Waals surface area contributed by atoms with Gasteiger partial charge in [-0.1, -0.05) is 97.1 Å². The number of benzene rings is 4. The van der Waals surface area contributed by atoms with Crippen molar-refractivity contribution in [1.29, 1.82) is 10.8 Å². The van der Waals surface area contributed by atoms with Gasteiger partial charge in [0.05, 0.1) is 0 Å². The molecule has 4 aromatic carbocycles. The average Bonchev–Trinajstić information content (AvgIpc) is 2.94. The van der Waals surface area contributed by atoms with Crippen LogP contribution in [0.3, 0.4) is 0 Å². The van der Waals surface area contributed by atoms with E-state index >= 15 is 0 Å². The summed E-state index contributed by atoms with van der Waals surface area (Å²) in [6, 6.07) is 37.3. The number of hydrogen-bond acceptors (Lipinski definition) is 4. The minimum absolute atomic E-state index is 0.454. The molecule has 0 unspecified atom stereocenters. The van der Waals surface area contributed by atoms with Crippen LogP contribution in [-0.4, -0.2) is 18.5 Å². The molecule has 4 aromatic rings. The summed E-state index contributed by atoms with van der Waals surface area (Å²) in [5, 5.41) is 23.6. The van der Waals surface area contributed by atoms with Crippen LogP contribution in [0.25, 0.3) is 5.57 Å². The van der Waals surface area contributed by atoms with E-state index in [0.29, 0.717) is 5.71 Å². The molecule has 4 nitrogen and oxygen atoms in total. The fourth-order valence-electron chi connectivity index (χ4n) is 4.55. The molecule has 36 heavy (non-hydrogen) atoms. The maximum atomic E-state index is 8.60. The fraction of sp³-hybridized carbons (Fsp3) is 0.125. The van der Waals surface area contributed by atoms with Gasteiger partial charge in [0.25, 0.3) is 0 Å². The van der Waals surface area contributed by atoms with E-state index in [-0.39, 0.29) is 0 Å². The molecular formula is C32H32N4. The smallest absolute Gasteiger partial charge is 0.114 e. The summed E-state index contributed by atoms with van der Waals surface area (Å²) in [6.45, 7) is 4.60. The quantitative estimate of drug-likeness (QED) is 0.147. The Morgan fingerprint density at radius 2 is 1.28 bits per heavy atom. The topological polar surface area (TPSA) is 71.8 Å². The molecule has 0 saturated heterocycles. The van der Waals surface area contributed by atoms with Crippen molar-refractivity contribution >= 4 is 23.2 Å². The second kappa shape index (κ2) is 11.3. The first-order valence-electron chi connectivity index (χ1n) is 12.2. The fourth-order valence-corrected chi connectivity index (χ4v) is 4.55. The Bertz CT molecular complexity index is 1250. The van der Waals surface area contributed by atoms with Crippen LogP contribution in [0.5, 0.6) is 0 Å². The lowest BCUT2D eigenvalue weighted by Crippen LogP contribution is -2.38. The summed E-state index contributed by atoms with van der Waals surface area (Å²) in [4.78, 5) is 0. The molecular weight excluding hydrogens is 440 g/mol. The third kappa shape index (κ3) is 4.98. The number of hydrogen-bond donors (Lipinski definition) is 4. The van der Waals surface area contributed by atoms with Gasteiger partial charge >= 0.3 is 0 Å². The van der Waals surface area contributed by atoms with Crippen LogP contribution in [0.2, 0.25) is 0 Å². The van der Waals surface area contributed by atoms with Gasteiger partial charge in [-0.05, 0) is 48.2 Å². The zero-order chi connectivity index (χ0) is 25.4. The molecule has 0 saturated carbocycles. The highest BCUT2D eigenvalue weighted by molar-refractivity contribution is 6.10. The van der Waals surface area contributed by atoms with Crippen molar-refractivity contribution < 1.29 is 0 Å². The van der Waals surface area contributed by atoms with Gasteiger partial charge in [-0.25, -0.2) is 0 Å². The van der Waals surface area contributed by atoms with Crippen molar-refractivity contribution in [3.8, 4) is 0 Å². The third-order valence-corrected chi connectivity index (χ3v) is 6.32. The van der Waals surface area contributed by atoms with Crippen molar-refractivity contribution in [1.82, 2.24) is 5.32 Å². The summed E-state index contributed by atoms with van der Waals surface area (Å²) in [6.07, 6.45) is 3.19. The summed E-state index contributed by atoms with van der Waals surface area (Å²) in [5.74, 6) is 0. The van der Waals surface area contributed by atoms with E-state index < -0.39 is 5.54 Å². The Morgan fingerprint density at radius 3 is 1.69 bits per heavy atom. The van der Waals surface area contributed by atoms with Crippen molar-refractivity contribution in [3.63, 3.8) is 0 Å². The number of allylic oxidation sites excluding steroid dienone is 1. The first-order valence-corrected chi connectivity index (χ1v) is 12.2. The SMILES string of the molecule is CCN/C=C(\C=N)c1ccc(NC(c2ccccc2)(c2ccccc2)c2ccccc2)c(C(C)=N)c1. The summed E-state index contributed by atoms with van der Waals surface area (Å²) in [7, 11) is 0. The standard InChI is InChI=1S/C32H32N4/c1-3-35-23-26(22-33)25-19-20-31(30(21-25)24(2)34)36-32(27-13-7-4-8-14-27,28-15-9-5-10-16-28)29-17-11-6-12-18-29/h4-23,33-36H,3H2,1-2H3/b26-23+,33-22?,34-24?. The molecule has 0 aliphatic carbocycles. The Labute approximate surface area is 213 Å². The normalized spacial score (nSPS) is 11.6. The summed E-state index contributed by atoms with van der Waals surface area (Å²) in [5.41, 5.74) is 6.40. The highest BCUT2D eigenvalue weighted by Gasteiger charge is 2.36. The molecule has 0 aliphatic rings. The maximum absolute atomic E-state index is 8.60. The lowest BCUT2D eigenvalue weighted by atomic mass is 9.76. The van der Waals surface area contributed by atoms with E-state index in [1.807, 2.05) is 49.5 Å². The van der Waals surface area contributed by atoms with E-state index in [0.717, 1.165) is 45.6 Å². The van der Waals surface area contributed by atoms with Crippen LogP contribution < -0.4 is 10.6 Å². The van der Waals surface area contributed by atoms with E-state index in [9.17, 15) is 0 Å². The van der Waals surface area contributed by atoms with Gasteiger partial charge in [-0.15, -0.1) is 0 Å². The minimum atomic E-state index is -0.681. The lowest BCUT2D eigenvalue weighted by Gasteiger charge is -2.38. The van der Waals surface area contributed by atoms with Crippen molar-refractivity contribution in [2.75, 3.05) is 11.9 Å². The van der Waals surface area contributed by atoms with E-state index in [1.165, 1.54) is 6.21 Å². The van der Waals surface area contributed by atoms with Gasteiger partial charge in [-0.2, -0.15) is 0 Å². The van der Waals surface area contributed by atoms with E-state index in [2.05, 4.69) is 83.4 Å². The maximum Gasteiger partial charge on any atom is 0.114 e. The second-order valence-electron chi connectivity index (χ2n) is 8.66. The molecule has 0 radical (unpaired) electrons. The second-order valence-corrected chi connectivity index (χ2v) is 8.66. The third-order valence-electron chi connectivity index (χ3n) is 6.32. The molecule has 0 spiro atoms. The van der Waals surface area contributed by atoms with E-state index in [1.54, 1.807) is 6.92 Å². The zero-order valence-corrected chi connectivity index (χ0v) is 20.8. The molecule has 0 fully saturated rings. The predicted octanol–water partition coefficient (Wildman–Crippen LogP) is 7.08. The zero-order valence-electron chi connectivity index (χ0n) is 20.8. The van der Waals surface area contributed by atoms with Gasteiger partial charge in [0.2, 0.25) is 0 Å². The number of anilines is 1. The van der Waals surface area contributed by atoms with Crippen LogP contribution in [-0.2, 0) is 5.54 Å². The predicted molar refractivity (Wildman–Crippen MR) is 152 cm³/mol. The Hall–Kier alpha value is -4.44. The highest BCUT2D eigenvalue weighted by Crippen LogP contribution is 2.41. The van der Waals surface area contributed by atoms with Gasteiger partial charge in [0.1, 0.15) is 5.54 Å². The molecule has 0 bridgehead atoms. The molecule has 180 valence electrons. The summed E-state index contributed by atoms with van der Waals surface area (Å²) < 4.78 is 0. The Kier molecular flexibility index (Phi) is 7.76. The van der Waals surface area contributed by atoms with Crippen LogP contribution in [0, 0.1) is 10.8 Å². The van der Waals surface area contributed by atoms with E-state index in [4.69, 9.17) is 10.8 Å². The number of nitrogens with one attached hydrogen (secondary N) is 4. The van der Waals surface area contributed by atoms with Crippen molar-refractivity contribution in [2.45, 2.75) is 19.4 Å². The van der Waals surface area contributed by atoms with Gasteiger partial charge in [0, 0.05) is 41.5 Å². The molecule has 0 amide bonds. The Balaban J connectivity index is 1.95. The largest absolute Gasteiger partial charge is 0.391 e. The minimum Gasteiger partial charge on any atom is -0.391 e. The van der Waals surface area contributed by atoms with Gasteiger partial charge in [0.15, 0.2) is 0 Å². The van der Waals surface area contributed by atoms with Crippen LogP contribution in [0.1, 0.15) is 41.7 Å². The van der Waals surface area contributed by atoms with Gasteiger partial charge in [-0.3, -0.25) is 0 Å². The average molecular weight is 473 g/mol. The van der Waals surface area contributed by atoms with Crippen molar-refractivity contribution in [3.05, 3.63) is 143 Å². The first kappa shape index (κ1) is 24.7. The van der Waals surface area contributed by atoms with Crippen LogP contribution >= 0.6 is 0 Å². The molecule has 4 rings (SSSR count). The first-order chi connectivity index (χ1) is 17.6. The monoisotopic (exact) mass is 472 g/mol. The molecule has 0 heterocycles. The molecule has 0 aromatic heterocycles. The molecule has 0 aliphatic heterocycles. The highest BCUT2D eigenvalue weighted by atomic mass is 15.0. The Morgan fingerprint density at radius 1 is 0.778 bits per heavy atom. The van der Waals surface area contributed by atoms with Crippen molar-refractivity contribution in [2.24, 2.45) is 0 Å². The van der Waals surface area contributed by atoms with Crippen LogP contribution in [0.15, 0.2) is 115 Å². The lowest BCUT2D eigenvalue weighted by molar-refractivity contribution is 0.711. The molecule has 4 heteroatoms. The van der Waals surface area contributed by atoms with Gasteiger partial charge < -0.3 is 21.5 Å². The molecule has 0 atom stereocenters. The van der Waals surface area contributed by atoms with Crippen LogP contribution in [0.4, 0.5) is 5.69 Å². The molecule has 4 N–H and O–H groups in total. The summed E-state index contributed by atoms with van der Waals surface area (Å²) >= 11 is 0. The number of rotatable bonds is 10.